The number of fused-ring (bicyclic) bond motifs is 2. The van der Waals surface area contributed by atoms with Gasteiger partial charge in [0.05, 0.1) is 33.9 Å². The molecule has 1 N–H and O–H groups in total. The number of pyridine rings is 1. The van der Waals surface area contributed by atoms with Gasteiger partial charge in [-0.2, -0.15) is 0 Å². The minimum Gasteiger partial charge on any atom is -0.463 e. The molecule has 0 atom stereocenters. The number of aromatic nitrogens is 4. The number of anilines is 1. The normalized spacial score (nSPS) is 11.4. The van der Waals surface area contributed by atoms with Gasteiger partial charge in [-0.3, -0.25) is 13.9 Å². The average molecular weight is 403 g/mol. The van der Waals surface area contributed by atoms with Crippen molar-refractivity contribution in [3.05, 3.63) is 64.4 Å². The topological polar surface area (TPSA) is 108 Å². The lowest BCUT2D eigenvalue weighted by molar-refractivity contribution is 0.102. The molecule has 0 fully saturated rings. The Morgan fingerprint density at radius 3 is 2.67 bits per heavy atom. The molecule has 0 saturated heterocycles. The molecule has 5 aromatic rings. The Bertz CT molecular complexity index is 1490. The number of nitrogens with zero attached hydrogens (tertiary/aromatic N) is 4. The van der Waals surface area contributed by atoms with Gasteiger partial charge in [-0.1, -0.05) is 5.16 Å². The number of nitrogens with one attached hydrogen (secondary N) is 1. The largest absolute Gasteiger partial charge is 0.463 e. The van der Waals surface area contributed by atoms with Gasteiger partial charge in [-0.15, -0.1) is 0 Å². The first-order valence-corrected chi connectivity index (χ1v) is 9.22. The Morgan fingerprint density at radius 2 is 1.90 bits per heavy atom. The van der Waals surface area contributed by atoms with Crippen LogP contribution in [0.15, 0.2) is 56.4 Å². The second kappa shape index (κ2) is 6.45. The minimum absolute atomic E-state index is 0.132. The van der Waals surface area contributed by atoms with Crippen LogP contribution in [-0.2, 0) is 14.1 Å². The quantitative estimate of drug-likeness (QED) is 0.495. The Hall–Kier alpha value is -4.14. The molecule has 5 rings (SSSR count). The molecule has 30 heavy (non-hydrogen) atoms. The number of carbonyl (C=O) groups is 1. The van der Waals surface area contributed by atoms with Crippen molar-refractivity contribution in [1.29, 1.82) is 0 Å². The molecule has 1 amide bonds. The minimum atomic E-state index is -0.346. The van der Waals surface area contributed by atoms with E-state index in [-0.39, 0.29) is 17.3 Å². The Balaban J connectivity index is 1.59. The van der Waals surface area contributed by atoms with Crippen LogP contribution in [0.5, 0.6) is 0 Å². The standard InChI is InChI=1S/C21H17N5O4/c1-11-18-13(10-14(17-5-4-8-29-17)23-20(18)30-24-11)19(27)22-12-6-7-15-16(9-12)26(3)21(28)25(15)2/h4-10H,1-3H3,(H,22,27). The summed E-state index contributed by atoms with van der Waals surface area (Å²) in [7, 11) is 3.40. The first-order chi connectivity index (χ1) is 14.4. The SMILES string of the molecule is Cc1noc2nc(-c3ccco3)cc(C(=O)Nc3ccc4c(c3)n(C)c(=O)n4C)c12. The highest BCUT2D eigenvalue weighted by atomic mass is 16.5. The van der Waals surface area contributed by atoms with Crippen molar-refractivity contribution in [2.24, 2.45) is 14.1 Å². The molecule has 1 aromatic carbocycles. The van der Waals surface area contributed by atoms with Gasteiger partial charge in [-0.05, 0) is 43.3 Å². The first-order valence-electron chi connectivity index (χ1n) is 9.22. The maximum atomic E-state index is 13.2. The number of furan rings is 1. The third-order valence-electron chi connectivity index (χ3n) is 5.17. The van der Waals surface area contributed by atoms with E-state index >= 15 is 0 Å². The summed E-state index contributed by atoms with van der Waals surface area (Å²) in [6, 6.07) is 10.5. The van der Waals surface area contributed by atoms with Crippen LogP contribution in [0.1, 0.15) is 16.1 Å². The van der Waals surface area contributed by atoms with E-state index in [0.29, 0.717) is 33.8 Å². The molecule has 4 heterocycles. The molecule has 9 heteroatoms. The smallest absolute Gasteiger partial charge is 0.328 e. The molecular formula is C21H17N5O4. The van der Waals surface area contributed by atoms with Gasteiger partial charge in [-0.25, -0.2) is 9.78 Å². The summed E-state index contributed by atoms with van der Waals surface area (Å²) in [5, 5.41) is 7.38. The van der Waals surface area contributed by atoms with E-state index in [4.69, 9.17) is 8.94 Å². The molecular weight excluding hydrogens is 386 g/mol. The number of aryl methyl sites for hydroxylation is 3. The van der Waals surface area contributed by atoms with Crippen LogP contribution in [0.4, 0.5) is 5.69 Å². The lowest BCUT2D eigenvalue weighted by Crippen LogP contribution is -2.19. The van der Waals surface area contributed by atoms with Crippen molar-refractivity contribution in [3.63, 3.8) is 0 Å². The van der Waals surface area contributed by atoms with Crippen LogP contribution in [0.25, 0.3) is 33.6 Å². The van der Waals surface area contributed by atoms with Crippen molar-refractivity contribution in [2.75, 3.05) is 5.32 Å². The van der Waals surface area contributed by atoms with E-state index in [0.717, 1.165) is 11.0 Å². The predicted molar refractivity (Wildman–Crippen MR) is 110 cm³/mol. The van der Waals surface area contributed by atoms with E-state index in [1.807, 2.05) is 0 Å². The molecule has 0 unspecified atom stereocenters. The van der Waals surface area contributed by atoms with Gasteiger partial charge in [0.15, 0.2) is 5.76 Å². The molecule has 150 valence electrons. The summed E-state index contributed by atoms with van der Waals surface area (Å²) >= 11 is 0. The number of amides is 1. The summed E-state index contributed by atoms with van der Waals surface area (Å²) in [4.78, 5) is 29.7. The summed E-state index contributed by atoms with van der Waals surface area (Å²) < 4.78 is 13.8. The van der Waals surface area contributed by atoms with Gasteiger partial charge in [0.1, 0.15) is 5.69 Å². The predicted octanol–water partition coefficient (Wildman–Crippen LogP) is 3.23. The Labute approximate surface area is 169 Å². The second-order valence-corrected chi connectivity index (χ2v) is 7.04. The molecule has 0 aliphatic heterocycles. The molecule has 0 radical (unpaired) electrons. The third-order valence-corrected chi connectivity index (χ3v) is 5.17. The van der Waals surface area contributed by atoms with Gasteiger partial charge in [0.2, 0.25) is 0 Å². The summed E-state index contributed by atoms with van der Waals surface area (Å²) in [5.41, 5.74) is 3.59. The van der Waals surface area contributed by atoms with E-state index in [1.54, 1.807) is 62.0 Å². The Morgan fingerprint density at radius 1 is 1.10 bits per heavy atom. The highest BCUT2D eigenvalue weighted by Gasteiger charge is 2.20. The molecule has 0 spiro atoms. The zero-order valence-corrected chi connectivity index (χ0v) is 16.5. The summed E-state index contributed by atoms with van der Waals surface area (Å²) in [5.74, 6) is 0.169. The van der Waals surface area contributed by atoms with Gasteiger partial charge in [0, 0.05) is 19.8 Å². The number of hydrogen-bond donors (Lipinski definition) is 1. The van der Waals surface area contributed by atoms with Crippen LogP contribution >= 0.6 is 0 Å². The lowest BCUT2D eigenvalue weighted by atomic mass is 10.1. The van der Waals surface area contributed by atoms with E-state index < -0.39 is 0 Å². The van der Waals surface area contributed by atoms with Crippen molar-refractivity contribution < 1.29 is 13.7 Å². The fourth-order valence-electron chi connectivity index (χ4n) is 3.61. The van der Waals surface area contributed by atoms with Crippen LogP contribution in [0, 0.1) is 6.92 Å². The Kier molecular flexibility index (Phi) is 3.85. The summed E-state index contributed by atoms with van der Waals surface area (Å²) in [6.45, 7) is 1.75. The molecule has 4 aromatic heterocycles. The lowest BCUT2D eigenvalue weighted by Gasteiger charge is -2.08. The maximum Gasteiger partial charge on any atom is 0.328 e. The van der Waals surface area contributed by atoms with Gasteiger partial charge < -0.3 is 14.3 Å². The number of imidazole rings is 1. The molecule has 0 saturated carbocycles. The highest BCUT2D eigenvalue weighted by molar-refractivity contribution is 6.13. The van der Waals surface area contributed by atoms with Gasteiger partial charge in [0.25, 0.3) is 11.6 Å². The van der Waals surface area contributed by atoms with Crippen LogP contribution in [0.3, 0.4) is 0 Å². The fraction of sp³-hybridized carbons (Fsp3) is 0.143. The van der Waals surface area contributed by atoms with Crippen molar-refractivity contribution >= 4 is 33.7 Å². The molecule has 0 aliphatic rings. The number of benzene rings is 1. The average Bonchev–Trinajstić information content (AvgIpc) is 3.45. The molecule has 0 bridgehead atoms. The summed E-state index contributed by atoms with van der Waals surface area (Å²) in [6.07, 6.45) is 1.53. The van der Waals surface area contributed by atoms with Crippen molar-refractivity contribution in [1.82, 2.24) is 19.3 Å². The maximum absolute atomic E-state index is 13.2. The molecule has 9 nitrogen and oxygen atoms in total. The van der Waals surface area contributed by atoms with Crippen LogP contribution in [0.2, 0.25) is 0 Å². The number of hydrogen-bond acceptors (Lipinski definition) is 6. The van der Waals surface area contributed by atoms with Crippen molar-refractivity contribution in [2.45, 2.75) is 6.92 Å². The van der Waals surface area contributed by atoms with Crippen LogP contribution < -0.4 is 11.0 Å². The monoisotopic (exact) mass is 403 g/mol. The number of rotatable bonds is 3. The van der Waals surface area contributed by atoms with Crippen molar-refractivity contribution in [3.8, 4) is 11.5 Å². The van der Waals surface area contributed by atoms with E-state index in [1.165, 1.54) is 10.8 Å². The molecule has 0 aliphatic carbocycles. The van der Waals surface area contributed by atoms with Gasteiger partial charge >= 0.3 is 5.69 Å². The fourth-order valence-corrected chi connectivity index (χ4v) is 3.61. The zero-order valence-electron chi connectivity index (χ0n) is 16.5. The zero-order chi connectivity index (χ0) is 21.0. The highest BCUT2D eigenvalue weighted by Crippen LogP contribution is 2.28. The first kappa shape index (κ1) is 17.9. The van der Waals surface area contributed by atoms with E-state index in [2.05, 4.69) is 15.5 Å². The second-order valence-electron chi connectivity index (χ2n) is 7.04. The number of carbonyl (C=O) groups excluding carboxylic acids is 1. The van der Waals surface area contributed by atoms with Crippen LogP contribution in [-0.4, -0.2) is 25.2 Å². The third kappa shape index (κ3) is 2.63. The van der Waals surface area contributed by atoms with E-state index in [9.17, 15) is 9.59 Å².